The van der Waals surface area contributed by atoms with Gasteiger partial charge in [0.05, 0.1) is 5.39 Å². The van der Waals surface area contributed by atoms with E-state index in [4.69, 9.17) is 9.15 Å². The lowest BCUT2D eigenvalue weighted by molar-refractivity contribution is -0.137. The monoisotopic (exact) mass is 359 g/mol. The molecule has 0 saturated carbocycles. The van der Waals surface area contributed by atoms with Crippen LogP contribution < -0.4 is 5.43 Å². The quantitative estimate of drug-likeness (QED) is 0.908. The summed E-state index contributed by atoms with van der Waals surface area (Å²) >= 11 is 0. The Bertz CT molecular complexity index is 878. The minimum atomic E-state index is -0.0563. The van der Waals surface area contributed by atoms with Gasteiger partial charge in [0, 0.05) is 36.7 Å². The Morgan fingerprint density at radius 2 is 1.96 bits per heavy atom. The summed E-state index contributed by atoms with van der Waals surface area (Å²) in [7, 11) is 0. The van der Waals surface area contributed by atoms with E-state index in [9.17, 15) is 14.7 Å². The third kappa shape index (κ3) is 3.33. The van der Waals surface area contributed by atoms with Crippen LogP contribution in [0, 0.1) is 13.8 Å². The molecule has 1 amide bonds. The Morgan fingerprint density at radius 3 is 2.62 bits per heavy atom. The Hall–Kier alpha value is -2.34. The van der Waals surface area contributed by atoms with Crippen LogP contribution in [0.5, 0.6) is 5.75 Å². The fourth-order valence-electron chi connectivity index (χ4n) is 3.55. The molecule has 0 unspecified atom stereocenters. The van der Waals surface area contributed by atoms with Crippen molar-refractivity contribution in [3.63, 3.8) is 0 Å². The second kappa shape index (κ2) is 7.50. The number of fused-ring (bicyclic) bond motifs is 1. The molecule has 6 nitrogen and oxygen atoms in total. The van der Waals surface area contributed by atoms with Crippen LogP contribution in [0.25, 0.3) is 11.0 Å². The van der Waals surface area contributed by atoms with E-state index in [1.54, 1.807) is 24.8 Å². The van der Waals surface area contributed by atoms with Gasteiger partial charge in [-0.1, -0.05) is 0 Å². The second-order valence-corrected chi connectivity index (χ2v) is 6.80. The number of rotatable bonds is 4. The zero-order valence-corrected chi connectivity index (χ0v) is 15.5. The van der Waals surface area contributed by atoms with Crippen LogP contribution in [0.15, 0.2) is 21.3 Å². The molecule has 1 saturated heterocycles. The van der Waals surface area contributed by atoms with Gasteiger partial charge in [0.15, 0.2) is 5.43 Å². The van der Waals surface area contributed by atoms with Crippen LogP contribution >= 0.6 is 0 Å². The fourth-order valence-corrected chi connectivity index (χ4v) is 3.55. The molecule has 0 spiro atoms. The van der Waals surface area contributed by atoms with Crippen LogP contribution in [-0.4, -0.2) is 42.2 Å². The summed E-state index contributed by atoms with van der Waals surface area (Å²) in [6.07, 6.45) is 1.48. The number of benzene rings is 1. The van der Waals surface area contributed by atoms with E-state index in [2.05, 4.69) is 0 Å². The van der Waals surface area contributed by atoms with Crippen LogP contribution in [0.4, 0.5) is 0 Å². The third-order valence-electron chi connectivity index (χ3n) is 5.19. The Labute approximate surface area is 152 Å². The molecule has 3 rings (SSSR count). The lowest BCUT2D eigenvalue weighted by Crippen LogP contribution is -2.40. The molecular formula is C20H25NO5. The van der Waals surface area contributed by atoms with Crippen molar-refractivity contribution in [1.82, 2.24) is 4.90 Å². The highest BCUT2D eigenvalue weighted by molar-refractivity contribution is 5.82. The molecule has 140 valence electrons. The van der Waals surface area contributed by atoms with Gasteiger partial charge in [-0.3, -0.25) is 9.59 Å². The van der Waals surface area contributed by atoms with Crippen molar-refractivity contribution in [2.24, 2.45) is 0 Å². The molecule has 1 fully saturated rings. The standard InChI is InChI=1S/C20H25NO5/c1-4-25-11-17(23)21-9-7-14(8-10-21)19-13(3)18(24)15-5-6-16(22)12(2)20(15)26-19/h5-6,14,22H,4,7-11H2,1-3H3. The molecule has 1 aromatic carbocycles. The van der Waals surface area contributed by atoms with Crippen LogP contribution in [0.1, 0.15) is 42.6 Å². The first-order valence-corrected chi connectivity index (χ1v) is 9.05. The Morgan fingerprint density at radius 1 is 1.27 bits per heavy atom. The summed E-state index contributed by atoms with van der Waals surface area (Å²) in [5, 5.41) is 10.4. The summed E-state index contributed by atoms with van der Waals surface area (Å²) in [5.41, 5.74) is 1.58. The first-order chi connectivity index (χ1) is 12.4. The number of carbonyl (C=O) groups is 1. The second-order valence-electron chi connectivity index (χ2n) is 6.80. The number of amides is 1. The number of nitrogens with zero attached hydrogens (tertiary/aromatic N) is 1. The van der Waals surface area contributed by atoms with E-state index < -0.39 is 0 Å². The number of aryl methyl sites for hydroxylation is 1. The Balaban J connectivity index is 1.86. The van der Waals surface area contributed by atoms with E-state index in [1.165, 1.54) is 6.07 Å². The van der Waals surface area contributed by atoms with Crippen LogP contribution in [0.2, 0.25) is 0 Å². The largest absolute Gasteiger partial charge is 0.508 e. The van der Waals surface area contributed by atoms with Gasteiger partial charge in [0.2, 0.25) is 5.91 Å². The SMILES string of the molecule is CCOCC(=O)N1CCC(c2oc3c(C)c(O)ccc3c(=O)c2C)CC1. The smallest absolute Gasteiger partial charge is 0.248 e. The maximum absolute atomic E-state index is 12.7. The first-order valence-electron chi connectivity index (χ1n) is 9.05. The molecule has 1 aliphatic rings. The van der Waals surface area contributed by atoms with Gasteiger partial charge in [-0.15, -0.1) is 0 Å². The molecular weight excluding hydrogens is 334 g/mol. The molecule has 2 heterocycles. The summed E-state index contributed by atoms with van der Waals surface area (Å²) < 4.78 is 11.3. The number of ether oxygens (including phenoxy) is 1. The van der Waals surface area contributed by atoms with Crippen molar-refractivity contribution in [1.29, 1.82) is 0 Å². The number of carbonyl (C=O) groups excluding carboxylic acids is 1. The molecule has 0 atom stereocenters. The summed E-state index contributed by atoms with van der Waals surface area (Å²) in [4.78, 5) is 26.6. The van der Waals surface area contributed by atoms with Gasteiger partial charge in [0.25, 0.3) is 0 Å². The van der Waals surface area contributed by atoms with E-state index in [-0.39, 0.29) is 29.6 Å². The molecule has 0 aliphatic carbocycles. The highest BCUT2D eigenvalue weighted by Gasteiger charge is 2.28. The molecule has 0 bridgehead atoms. The minimum Gasteiger partial charge on any atom is -0.508 e. The normalized spacial score (nSPS) is 15.6. The number of phenols is 1. The van der Waals surface area contributed by atoms with Crippen molar-refractivity contribution in [3.8, 4) is 5.75 Å². The highest BCUT2D eigenvalue weighted by atomic mass is 16.5. The number of phenolic OH excluding ortho intramolecular Hbond substituents is 1. The number of likely N-dealkylation sites (tertiary alicyclic amines) is 1. The maximum atomic E-state index is 12.7. The third-order valence-corrected chi connectivity index (χ3v) is 5.19. The van der Waals surface area contributed by atoms with Crippen LogP contribution in [-0.2, 0) is 9.53 Å². The van der Waals surface area contributed by atoms with Gasteiger partial charge in [-0.05, 0) is 45.7 Å². The lowest BCUT2D eigenvalue weighted by atomic mass is 9.91. The predicted octanol–water partition coefficient (Wildman–Crippen LogP) is 2.86. The van der Waals surface area contributed by atoms with Gasteiger partial charge >= 0.3 is 0 Å². The van der Waals surface area contributed by atoms with E-state index >= 15 is 0 Å². The number of aromatic hydroxyl groups is 1. The molecule has 1 aliphatic heterocycles. The molecule has 1 aromatic heterocycles. The van der Waals surface area contributed by atoms with Crippen molar-refractivity contribution in [3.05, 3.63) is 39.2 Å². The zero-order valence-electron chi connectivity index (χ0n) is 15.5. The van der Waals surface area contributed by atoms with Crippen LogP contribution in [0.3, 0.4) is 0 Å². The topological polar surface area (TPSA) is 80.0 Å². The van der Waals surface area contributed by atoms with E-state index in [1.807, 2.05) is 6.92 Å². The Kier molecular flexibility index (Phi) is 5.32. The average molecular weight is 359 g/mol. The molecule has 26 heavy (non-hydrogen) atoms. The zero-order chi connectivity index (χ0) is 18.8. The lowest BCUT2D eigenvalue weighted by Gasteiger charge is -2.32. The van der Waals surface area contributed by atoms with Crippen molar-refractivity contribution >= 4 is 16.9 Å². The maximum Gasteiger partial charge on any atom is 0.248 e. The predicted molar refractivity (Wildman–Crippen MR) is 98.7 cm³/mol. The average Bonchev–Trinajstić information content (AvgIpc) is 2.65. The fraction of sp³-hybridized carbons (Fsp3) is 0.500. The number of hydrogen-bond acceptors (Lipinski definition) is 5. The van der Waals surface area contributed by atoms with Gasteiger partial charge in [-0.25, -0.2) is 0 Å². The van der Waals surface area contributed by atoms with E-state index in [0.29, 0.717) is 47.6 Å². The summed E-state index contributed by atoms with van der Waals surface area (Å²) in [6, 6.07) is 3.13. The highest BCUT2D eigenvalue weighted by Crippen LogP contribution is 2.33. The first kappa shape index (κ1) is 18.5. The molecule has 6 heteroatoms. The van der Waals surface area contributed by atoms with Gasteiger partial charge in [-0.2, -0.15) is 0 Å². The van der Waals surface area contributed by atoms with Crippen molar-refractivity contribution in [2.45, 2.75) is 39.5 Å². The number of piperidine rings is 1. The van der Waals surface area contributed by atoms with Crippen molar-refractivity contribution < 1.29 is 19.1 Å². The molecule has 0 radical (unpaired) electrons. The van der Waals surface area contributed by atoms with Crippen molar-refractivity contribution in [2.75, 3.05) is 26.3 Å². The minimum absolute atomic E-state index is 0.00255. The number of hydrogen-bond donors (Lipinski definition) is 1. The summed E-state index contributed by atoms with van der Waals surface area (Å²) in [6.45, 7) is 7.28. The molecule has 2 aromatic rings. The summed E-state index contributed by atoms with van der Waals surface area (Å²) in [5.74, 6) is 0.882. The van der Waals surface area contributed by atoms with Gasteiger partial charge < -0.3 is 19.2 Å². The van der Waals surface area contributed by atoms with Gasteiger partial charge in [0.1, 0.15) is 23.7 Å². The van der Waals surface area contributed by atoms with E-state index in [0.717, 1.165) is 12.8 Å². The molecule has 1 N–H and O–H groups in total.